The highest BCUT2D eigenvalue weighted by atomic mass is 32.2. The smallest absolute Gasteiger partial charge is 0.258 e. The van der Waals surface area contributed by atoms with E-state index < -0.39 is 10.0 Å². The number of carbonyl (C=O) groups excluding carboxylic acids is 1. The molecule has 0 atom stereocenters. The first-order valence-electron chi connectivity index (χ1n) is 8.38. The second-order valence-electron chi connectivity index (χ2n) is 6.57. The van der Waals surface area contributed by atoms with E-state index in [2.05, 4.69) is 4.72 Å². The maximum atomic E-state index is 13.2. The minimum absolute atomic E-state index is 0.0518. The number of nitrogens with zero attached hydrogens (tertiary/aromatic N) is 1. The monoisotopic (exact) mass is 384 g/mol. The predicted octanol–water partition coefficient (Wildman–Crippen LogP) is 3.36. The maximum absolute atomic E-state index is 13.2. The van der Waals surface area contributed by atoms with E-state index in [-0.39, 0.29) is 23.2 Å². The van der Waals surface area contributed by atoms with E-state index in [1.54, 1.807) is 44.3 Å². The average Bonchev–Trinajstić information content (AvgIpc) is 2.88. The van der Waals surface area contributed by atoms with Gasteiger partial charge in [0.15, 0.2) is 0 Å². The van der Waals surface area contributed by atoms with Crippen molar-refractivity contribution in [1.29, 1.82) is 0 Å². The number of rotatable bonds is 4. The van der Waals surface area contributed by atoms with Crippen molar-refractivity contribution in [3.63, 3.8) is 0 Å². The van der Waals surface area contributed by atoms with Crippen LogP contribution < -0.4 is 9.62 Å². The lowest BCUT2D eigenvalue weighted by molar-refractivity contribution is 0.0999. The van der Waals surface area contributed by atoms with Crippen LogP contribution in [0.15, 0.2) is 53.4 Å². The Morgan fingerprint density at radius 3 is 2.63 bits per heavy atom. The molecule has 0 aromatic heterocycles. The Hall–Kier alpha value is -2.77. The fraction of sp³-hybridized carbons (Fsp3) is 0.150. The number of benzene rings is 3. The summed E-state index contributed by atoms with van der Waals surface area (Å²) in [5.74, 6) is -0.513. The maximum Gasteiger partial charge on any atom is 0.258 e. The van der Waals surface area contributed by atoms with Gasteiger partial charge in [0.1, 0.15) is 5.82 Å². The molecule has 0 saturated heterocycles. The van der Waals surface area contributed by atoms with Crippen LogP contribution in [0.1, 0.15) is 21.5 Å². The molecule has 0 unspecified atom stereocenters. The zero-order valence-corrected chi connectivity index (χ0v) is 15.6. The summed E-state index contributed by atoms with van der Waals surface area (Å²) in [4.78, 5) is 14.0. The normalized spacial score (nSPS) is 13.6. The van der Waals surface area contributed by atoms with Crippen LogP contribution >= 0.6 is 0 Å². The molecule has 1 amide bonds. The predicted molar refractivity (Wildman–Crippen MR) is 102 cm³/mol. The molecule has 0 saturated carbocycles. The van der Waals surface area contributed by atoms with Crippen molar-refractivity contribution in [1.82, 2.24) is 4.72 Å². The van der Waals surface area contributed by atoms with Crippen LogP contribution in [-0.4, -0.2) is 21.4 Å². The van der Waals surface area contributed by atoms with E-state index in [4.69, 9.17) is 0 Å². The molecule has 3 aromatic rings. The molecule has 5 nitrogen and oxygen atoms in total. The van der Waals surface area contributed by atoms with E-state index in [0.717, 1.165) is 0 Å². The highest BCUT2D eigenvalue weighted by molar-refractivity contribution is 7.89. The fourth-order valence-corrected chi connectivity index (χ4v) is 4.66. The van der Waals surface area contributed by atoms with Gasteiger partial charge in [-0.25, -0.2) is 17.5 Å². The summed E-state index contributed by atoms with van der Waals surface area (Å²) >= 11 is 0. The second kappa shape index (κ2) is 6.14. The molecule has 7 heteroatoms. The summed E-state index contributed by atoms with van der Waals surface area (Å²) in [5, 5.41) is 1.15. The third-order valence-electron chi connectivity index (χ3n) is 4.92. The van der Waals surface area contributed by atoms with Crippen LogP contribution in [0.4, 0.5) is 10.1 Å². The quantitative estimate of drug-likeness (QED) is 0.750. The number of nitrogens with one attached hydrogen (secondary N) is 1. The number of halogens is 1. The molecule has 1 heterocycles. The minimum atomic E-state index is -3.83. The Labute approximate surface area is 156 Å². The van der Waals surface area contributed by atoms with Crippen molar-refractivity contribution in [2.45, 2.75) is 18.4 Å². The number of anilines is 1. The van der Waals surface area contributed by atoms with Gasteiger partial charge >= 0.3 is 0 Å². The molecule has 1 aliphatic rings. The molecule has 0 fully saturated rings. The van der Waals surface area contributed by atoms with E-state index in [0.29, 0.717) is 33.2 Å². The van der Waals surface area contributed by atoms with Gasteiger partial charge in [-0.3, -0.25) is 4.79 Å². The number of carbonyl (C=O) groups is 1. The van der Waals surface area contributed by atoms with Gasteiger partial charge in [0.05, 0.1) is 10.6 Å². The summed E-state index contributed by atoms with van der Waals surface area (Å²) < 4.78 is 41.7. The number of hydrogen-bond donors (Lipinski definition) is 1. The molecule has 1 N–H and O–H groups in total. The lowest BCUT2D eigenvalue weighted by atomic mass is 10.1. The zero-order chi connectivity index (χ0) is 19.3. The number of sulfonamides is 1. The highest BCUT2D eigenvalue weighted by Gasteiger charge is 2.29. The largest absolute Gasteiger partial charge is 0.311 e. The van der Waals surface area contributed by atoms with Gasteiger partial charge in [0.2, 0.25) is 10.0 Å². The number of aryl methyl sites for hydroxylation is 1. The number of hydrogen-bond acceptors (Lipinski definition) is 3. The van der Waals surface area contributed by atoms with Crippen LogP contribution in [0.5, 0.6) is 0 Å². The second-order valence-corrected chi connectivity index (χ2v) is 8.31. The molecule has 0 aliphatic carbocycles. The third-order valence-corrected chi connectivity index (χ3v) is 6.38. The lowest BCUT2D eigenvalue weighted by Crippen LogP contribution is -2.24. The van der Waals surface area contributed by atoms with Gasteiger partial charge in [0, 0.05) is 29.9 Å². The van der Waals surface area contributed by atoms with Gasteiger partial charge in [-0.1, -0.05) is 18.2 Å². The minimum Gasteiger partial charge on any atom is -0.311 e. The van der Waals surface area contributed by atoms with Gasteiger partial charge in [-0.15, -0.1) is 0 Å². The van der Waals surface area contributed by atoms with Crippen LogP contribution in [0.3, 0.4) is 0 Å². The van der Waals surface area contributed by atoms with E-state index in [1.165, 1.54) is 23.1 Å². The van der Waals surface area contributed by atoms with Crippen LogP contribution in [0, 0.1) is 12.7 Å². The first-order chi connectivity index (χ1) is 12.8. The van der Waals surface area contributed by atoms with E-state index >= 15 is 0 Å². The molecule has 3 aromatic carbocycles. The van der Waals surface area contributed by atoms with Gasteiger partial charge in [-0.2, -0.15) is 0 Å². The molecular formula is C20H17FN2O3S. The molecule has 0 spiro atoms. The summed E-state index contributed by atoms with van der Waals surface area (Å²) in [5.41, 5.74) is 2.56. The van der Waals surface area contributed by atoms with Crippen molar-refractivity contribution < 1.29 is 17.6 Å². The Morgan fingerprint density at radius 2 is 1.89 bits per heavy atom. The first-order valence-corrected chi connectivity index (χ1v) is 9.86. The Balaban J connectivity index is 1.75. The third kappa shape index (κ3) is 2.79. The van der Waals surface area contributed by atoms with Gasteiger partial charge in [0.25, 0.3) is 5.91 Å². The van der Waals surface area contributed by atoms with Crippen molar-refractivity contribution in [2.24, 2.45) is 0 Å². The number of amides is 1. The SMILES string of the molecule is Cc1cc(F)ccc1CNS(=O)(=O)c1ccc2c3c(cccc13)C(=O)N2C. The van der Waals surface area contributed by atoms with Gasteiger partial charge in [-0.05, 0) is 48.4 Å². The van der Waals surface area contributed by atoms with E-state index in [1.807, 2.05) is 0 Å². The van der Waals surface area contributed by atoms with Crippen LogP contribution in [0.2, 0.25) is 0 Å². The van der Waals surface area contributed by atoms with Crippen molar-refractivity contribution in [2.75, 3.05) is 11.9 Å². The van der Waals surface area contributed by atoms with Crippen LogP contribution in [-0.2, 0) is 16.6 Å². The van der Waals surface area contributed by atoms with Crippen LogP contribution in [0.25, 0.3) is 10.8 Å². The Kier molecular flexibility index (Phi) is 4.01. The molecule has 0 radical (unpaired) electrons. The van der Waals surface area contributed by atoms with Crippen molar-refractivity contribution in [3.8, 4) is 0 Å². The van der Waals surface area contributed by atoms with Crippen molar-refractivity contribution >= 4 is 32.4 Å². The highest BCUT2D eigenvalue weighted by Crippen LogP contribution is 2.39. The molecular weight excluding hydrogens is 367 g/mol. The summed E-state index contributed by atoms with van der Waals surface area (Å²) in [6.07, 6.45) is 0. The summed E-state index contributed by atoms with van der Waals surface area (Å²) in [6, 6.07) is 12.5. The summed E-state index contributed by atoms with van der Waals surface area (Å²) in [6.45, 7) is 1.78. The van der Waals surface area contributed by atoms with Gasteiger partial charge < -0.3 is 4.90 Å². The van der Waals surface area contributed by atoms with Crippen molar-refractivity contribution in [3.05, 3.63) is 71.0 Å². The molecule has 1 aliphatic heterocycles. The standard InChI is InChI=1S/C20H17FN2O3S/c1-12-10-14(21)7-6-13(12)11-22-27(25,26)18-9-8-17-19-15(18)4-3-5-16(19)20(24)23(17)2/h3-10,22H,11H2,1-2H3. The fourth-order valence-electron chi connectivity index (χ4n) is 3.45. The lowest BCUT2D eigenvalue weighted by Gasteiger charge is -2.13. The molecule has 27 heavy (non-hydrogen) atoms. The Bertz CT molecular complexity index is 1210. The first kappa shape index (κ1) is 17.6. The zero-order valence-electron chi connectivity index (χ0n) is 14.8. The average molecular weight is 384 g/mol. The molecule has 0 bridgehead atoms. The topological polar surface area (TPSA) is 66.5 Å². The molecule has 4 rings (SSSR count). The molecule has 138 valence electrons. The Morgan fingerprint density at radius 1 is 1.11 bits per heavy atom. The summed E-state index contributed by atoms with van der Waals surface area (Å²) in [7, 11) is -2.16. The van der Waals surface area contributed by atoms with E-state index in [9.17, 15) is 17.6 Å².